The van der Waals surface area contributed by atoms with E-state index in [-0.39, 0.29) is 18.6 Å². The number of nitrogens with zero attached hydrogens (tertiary/aromatic N) is 1. The molecule has 54 valence electrons. The summed E-state index contributed by atoms with van der Waals surface area (Å²) < 4.78 is 0. The highest BCUT2D eigenvalue weighted by Crippen LogP contribution is 1.72. The number of hydroxylamine groups is 2. The molecule has 0 amide bonds. The molecule has 3 nitrogen and oxygen atoms in total. The van der Waals surface area contributed by atoms with Crippen LogP contribution in [-0.4, -0.2) is 25.8 Å². The van der Waals surface area contributed by atoms with Gasteiger partial charge in [-0.2, -0.15) is 5.06 Å². The maximum atomic E-state index is 4.88. The Labute approximate surface area is 57.0 Å². The van der Waals surface area contributed by atoms with Gasteiger partial charge < -0.3 is 6.15 Å². The summed E-state index contributed by atoms with van der Waals surface area (Å²) in [6, 6.07) is 0. The molecule has 8 heavy (non-hydrogen) atoms. The van der Waals surface area contributed by atoms with Crippen LogP contribution >= 0.6 is 12.4 Å². The van der Waals surface area contributed by atoms with Gasteiger partial charge in [-0.25, -0.2) is 0 Å². The van der Waals surface area contributed by atoms with E-state index in [0.29, 0.717) is 0 Å². The zero-order chi connectivity index (χ0) is 4.99. The molecule has 4 heteroatoms. The number of rotatable bonds is 2. The molecule has 0 fully saturated rings. The van der Waals surface area contributed by atoms with Crippen LogP contribution in [0.4, 0.5) is 0 Å². The summed E-state index contributed by atoms with van der Waals surface area (Å²) in [5.74, 6) is 0. The minimum Gasteiger partial charge on any atom is -0.344 e. The van der Waals surface area contributed by atoms with E-state index < -0.39 is 0 Å². The maximum Gasteiger partial charge on any atom is 0.0656 e. The fourth-order valence-electron chi connectivity index (χ4n) is 0.258. The molecule has 0 atom stereocenters. The molecule has 0 radical (unpaired) electrons. The molecule has 0 aliphatic rings. The van der Waals surface area contributed by atoms with Crippen LogP contribution in [0, 0.1) is 0 Å². The second kappa shape index (κ2) is 10.2. The van der Waals surface area contributed by atoms with E-state index in [1.165, 1.54) is 0 Å². The summed E-state index contributed by atoms with van der Waals surface area (Å²) in [5, 5.41) is 1.68. The fraction of sp³-hybridized carbons (Fsp3) is 1.00. The van der Waals surface area contributed by atoms with Crippen molar-refractivity contribution < 1.29 is 4.84 Å². The van der Waals surface area contributed by atoms with Gasteiger partial charge in [-0.15, -0.1) is 12.4 Å². The van der Waals surface area contributed by atoms with E-state index in [2.05, 4.69) is 0 Å². The van der Waals surface area contributed by atoms with Crippen molar-refractivity contribution in [2.24, 2.45) is 0 Å². The van der Waals surface area contributed by atoms with Crippen LogP contribution in [0.15, 0.2) is 0 Å². The quantitative estimate of drug-likeness (QED) is 0.587. The minimum absolute atomic E-state index is 0. The topological polar surface area (TPSA) is 47.5 Å². The monoisotopic (exact) mass is 142 g/mol. The highest BCUT2D eigenvalue weighted by atomic mass is 35.5. The Bertz CT molecular complexity index is 35.2. The third-order valence-corrected chi connectivity index (χ3v) is 0.387. The van der Waals surface area contributed by atoms with Crippen molar-refractivity contribution in [2.45, 2.75) is 6.92 Å². The highest BCUT2D eigenvalue weighted by molar-refractivity contribution is 5.85. The van der Waals surface area contributed by atoms with Crippen LogP contribution in [-0.2, 0) is 4.84 Å². The van der Waals surface area contributed by atoms with E-state index in [1.807, 2.05) is 21.0 Å². The zero-order valence-electron chi connectivity index (χ0n) is 5.68. The fourth-order valence-corrected chi connectivity index (χ4v) is 0.258. The van der Waals surface area contributed by atoms with Crippen LogP contribution in [0.5, 0.6) is 0 Å². The van der Waals surface area contributed by atoms with Gasteiger partial charge in [0.05, 0.1) is 6.61 Å². The van der Waals surface area contributed by atoms with Gasteiger partial charge in [-0.3, -0.25) is 4.84 Å². The van der Waals surface area contributed by atoms with Crippen LogP contribution in [0.3, 0.4) is 0 Å². The van der Waals surface area contributed by atoms with E-state index in [9.17, 15) is 0 Å². The van der Waals surface area contributed by atoms with Gasteiger partial charge in [-0.1, -0.05) is 0 Å². The SMILES string of the molecule is CCON(C)C.Cl.N. The van der Waals surface area contributed by atoms with Crippen LogP contribution in [0.2, 0.25) is 0 Å². The van der Waals surface area contributed by atoms with Crippen molar-refractivity contribution in [3.63, 3.8) is 0 Å². The summed E-state index contributed by atoms with van der Waals surface area (Å²) in [5.41, 5.74) is 0. The van der Waals surface area contributed by atoms with Crippen molar-refractivity contribution in [1.29, 1.82) is 0 Å². The largest absolute Gasteiger partial charge is 0.344 e. The third-order valence-electron chi connectivity index (χ3n) is 0.387. The van der Waals surface area contributed by atoms with E-state index >= 15 is 0 Å². The summed E-state index contributed by atoms with van der Waals surface area (Å²) >= 11 is 0. The maximum absolute atomic E-state index is 4.88. The first-order valence-corrected chi connectivity index (χ1v) is 2.07. The van der Waals surface area contributed by atoms with Gasteiger partial charge in [0.1, 0.15) is 0 Å². The Balaban J connectivity index is -0.000000125. The molecule has 0 aromatic carbocycles. The Morgan fingerprint density at radius 3 is 1.75 bits per heavy atom. The van der Waals surface area contributed by atoms with E-state index in [4.69, 9.17) is 4.84 Å². The number of halogens is 1. The lowest BCUT2D eigenvalue weighted by atomic mass is 10.9. The third kappa shape index (κ3) is 16.4. The van der Waals surface area contributed by atoms with Crippen molar-refractivity contribution in [3.8, 4) is 0 Å². The van der Waals surface area contributed by atoms with Gasteiger partial charge >= 0.3 is 0 Å². The molecule has 0 saturated heterocycles. The molecule has 0 aliphatic carbocycles. The molecule has 0 aromatic rings. The molecule has 0 rings (SSSR count). The summed E-state index contributed by atoms with van der Waals surface area (Å²) in [7, 11) is 3.73. The van der Waals surface area contributed by atoms with Crippen molar-refractivity contribution >= 4 is 12.4 Å². The van der Waals surface area contributed by atoms with Gasteiger partial charge in [0.15, 0.2) is 0 Å². The first-order valence-electron chi connectivity index (χ1n) is 2.07. The Morgan fingerprint density at radius 2 is 1.75 bits per heavy atom. The smallest absolute Gasteiger partial charge is 0.0656 e. The molecule has 0 bridgehead atoms. The van der Waals surface area contributed by atoms with Gasteiger partial charge in [0.25, 0.3) is 0 Å². The summed E-state index contributed by atoms with van der Waals surface area (Å²) in [6.45, 7) is 2.72. The molecule has 0 aromatic heterocycles. The van der Waals surface area contributed by atoms with Crippen molar-refractivity contribution in [3.05, 3.63) is 0 Å². The summed E-state index contributed by atoms with van der Waals surface area (Å²) in [6.07, 6.45) is 0. The Kier molecular flexibility index (Phi) is 20.1. The molecule has 0 unspecified atom stereocenters. The zero-order valence-corrected chi connectivity index (χ0v) is 6.49. The molecule has 0 heterocycles. The van der Waals surface area contributed by atoms with Crippen LogP contribution in [0.25, 0.3) is 0 Å². The molecular formula is C4H15ClN2O. The molecule has 0 spiro atoms. The second-order valence-electron chi connectivity index (χ2n) is 1.23. The average Bonchev–Trinajstić information content (AvgIpc) is 1.35. The first kappa shape index (κ1) is 15.7. The average molecular weight is 143 g/mol. The predicted molar refractivity (Wildman–Crippen MR) is 37.6 cm³/mol. The molecule has 3 N–H and O–H groups in total. The molecule has 0 saturated carbocycles. The Hall–Kier alpha value is 0.170. The minimum atomic E-state index is 0. The predicted octanol–water partition coefficient (Wildman–Crippen LogP) is 1.08. The molecular weight excluding hydrogens is 128 g/mol. The molecule has 0 aliphatic heterocycles. The lowest BCUT2D eigenvalue weighted by Crippen LogP contribution is -2.11. The van der Waals surface area contributed by atoms with E-state index in [0.717, 1.165) is 6.61 Å². The first-order chi connectivity index (χ1) is 2.77. The normalized spacial score (nSPS) is 7.50. The second-order valence-corrected chi connectivity index (χ2v) is 1.23. The highest BCUT2D eigenvalue weighted by Gasteiger charge is 1.77. The standard InChI is InChI=1S/C4H11NO.ClH.H3N/c1-4-6-5(2)3;;/h4H2,1-3H3;1H;1H3. The lowest BCUT2D eigenvalue weighted by Gasteiger charge is -2.05. The van der Waals surface area contributed by atoms with E-state index in [1.54, 1.807) is 5.06 Å². The Morgan fingerprint density at radius 1 is 1.38 bits per heavy atom. The summed E-state index contributed by atoms with van der Waals surface area (Å²) in [4.78, 5) is 4.88. The van der Waals surface area contributed by atoms with Gasteiger partial charge in [-0.05, 0) is 6.92 Å². The van der Waals surface area contributed by atoms with Gasteiger partial charge in [0, 0.05) is 14.1 Å². The van der Waals surface area contributed by atoms with Gasteiger partial charge in [0.2, 0.25) is 0 Å². The lowest BCUT2D eigenvalue weighted by molar-refractivity contribution is -0.113. The van der Waals surface area contributed by atoms with Crippen molar-refractivity contribution in [1.82, 2.24) is 11.2 Å². The van der Waals surface area contributed by atoms with Crippen LogP contribution < -0.4 is 6.15 Å². The van der Waals surface area contributed by atoms with Crippen LogP contribution in [0.1, 0.15) is 6.92 Å². The number of hydrogen-bond acceptors (Lipinski definition) is 3. The number of hydrogen-bond donors (Lipinski definition) is 1. The van der Waals surface area contributed by atoms with Crippen molar-refractivity contribution in [2.75, 3.05) is 20.7 Å².